The molecule has 1 fully saturated rings. The van der Waals surface area contributed by atoms with Gasteiger partial charge in [0.05, 0.1) is 5.92 Å². The second-order valence-corrected chi connectivity index (χ2v) is 5.83. The van der Waals surface area contributed by atoms with Crippen molar-refractivity contribution in [1.29, 1.82) is 0 Å². The van der Waals surface area contributed by atoms with E-state index in [9.17, 15) is 9.59 Å². The van der Waals surface area contributed by atoms with Gasteiger partial charge in [-0.3, -0.25) is 9.59 Å². The molecule has 100 valence electrons. The Balaban J connectivity index is 2.22. The van der Waals surface area contributed by atoms with Crippen molar-refractivity contribution in [1.82, 2.24) is 0 Å². The second kappa shape index (κ2) is 5.25. The minimum atomic E-state index is -0.141. The summed E-state index contributed by atoms with van der Waals surface area (Å²) in [5, 5.41) is 0. The van der Waals surface area contributed by atoms with E-state index < -0.39 is 0 Å². The predicted molar refractivity (Wildman–Crippen MR) is 68.9 cm³/mol. The molecule has 0 saturated carbocycles. The number of Topliss-reactive ketones (excluding diaryl/α,β-unsaturated/α-hetero) is 1. The van der Waals surface area contributed by atoms with Gasteiger partial charge in [0.25, 0.3) is 0 Å². The molecule has 1 aliphatic carbocycles. The van der Waals surface area contributed by atoms with E-state index in [0.717, 1.165) is 19.3 Å². The number of carbonyl (C=O) groups is 2. The molecule has 0 bridgehead atoms. The fourth-order valence-electron chi connectivity index (χ4n) is 2.92. The third-order valence-corrected chi connectivity index (χ3v) is 4.36. The maximum absolute atomic E-state index is 12.1. The Bertz CT molecular complexity index is 383. The molecular weight excluding hydrogens is 228 g/mol. The Morgan fingerprint density at radius 3 is 2.67 bits per heavy atom. The van der Waals surface area contributed by atoms with E-state index in [0.29, 0.717) is 6.42 Å². The third kappa shape index (κ3) is 2.65. The summed E-state index contributed by atoms with van der Waals surface area (Å²) in [4.78, 5) is 23.8. The molecule has 18 heavy (non-hydrogen) atoms. The predicted octanol–water partition coefficient (Wildman–Crippen LogP) is 2.89. The van der Waals surface area contributed by atoms with E-state index in [1.165, 1.54) is 5.57 Å². The SMILES string of the molecule is CC1=CCCC(C)C(=O)CC2C(C1)OC(=O)C2C. The van der Waals surface area contributed by atoms with Crippen LogP contribution >= 0.6 is 0 Å². The van der Waals surface area contributed by atoms with E-state index in [1.54, 1.807) is 0 Å². The van der Waals surface area contributed by atoms with Crippen LogP contribution in [0.15, 0.2) is 11.6 Å². The van der Waals surface area contributed by atoms with Gasteiger partial charge in [0, 0.05) is 24.7 Å². The monoisotopic (exact) mass is 250 g/mol. The normalized spacial score (nSPS) is 37.8. The first-order valence-electron chi connectivity index (χ1n) is 6.88. The standard InChI is InChI=1S/C15H22O3/c1-9-5-4-6-10(2)13(16)8-12-11(3)15(17)18-14(12)7-9/h5,10-12,14H,4,6-8H2,1-3H3. The van der Waals surface area contributed by atoms with Crippen molar-refractivity contribution in [3.05, 3.63) is 11.6 Å². The zero-order valence-corrected chi connectivity index (χ0v) is 11.4. The second-order valence-electron chi connectivity index (χ2n) is 5.83. The Hall–Kier alpha value is -1.12. The first-order valence-corrected chi connectivity index (χ1v) is 6.88. The summed E-state index contributed by atoms with van der Waals surface area (Å²) < 4.78 is 5.43. The zero-order valence-electron chi connectivity index (χ0n) is 11.4. The molecule has 2 aliphatic rings. The van der Waals surface area contributed by atoms with Crippen molar-refractivity contribution in [3.63, 3.8) is 0 Å². The summed E-state index contributed by atoms with van der Waals surface area (Å²) in [6, 6.07) is 0. The Kier molecular flexibility index (Phi) is 3.88. The minimum Gasteiger partial charge on any atom is -0.461 e. The van der Waals surface area contributed by atoms with Gasteiger partial charge in [0.15, 0.2) is 0 Å². The summed E-state index contributed by atoms with van der Waals surface area (Å²) >= 11 is 0. The molecule has 0 radical (unpaired) electrons. The average Bonchev–Trinajstić information content (AvgIpc) is 2.56. The maximum Gasteiger partial charge on any atom is 0.309 e. The van der Waals surface area contributed by atoms with Gasteiger partial charge in [0.2, 0.25) is 0 Å². The van der Waals surface area contributed by atoms with Gasteiger partial charge in [-0.1, -0.05) is 25.5 Å². The van der Waals surface area contributed by atoms with Crippen molar-refractivity contribution in [2.75, 3.05) is 0 Å². The Morgan fingerprint density at radius 1 is 1.22 bits per heavy atom. The minimum absolute atomic E-state index is 0.0638. The quantitative estimate of drug-likeness (QED) is 0.490. The van der Waals surface area contributed by atoms with Crippen molar-refractivity contribution in [2.45, 2.75) is 52.6 Å². The van der Waals surface area contributed by atoms with Crippen molar-refractivity contribution >= 4 is 11.8 Å². The van der Waals surface area contributed by atoms with Crippen LogP contribution in [0.1, 0.15) is 46.5 Å². The molecule has 3 nitrogen and oxygen atoms in total. The molecular formula is C15H22O3. The fourth-order valence-corrected chi connectivity index (χ4v) is 2.92. The van der Waals surface area contributed by atoms with E-state index in [2.05, 4.69) is 13.0 Å². The summed E-state index contributed by atoms with van der Waals surface area (Å²) in [5.74, 6) is 0.156. The first-order chi connectivity index (χ1) is 8.49. The third-order valence-electron chi connectivity index (χ3n) is 4.36. The number of rotatable bonds is 0. The van der Waals surface area contributed by atoms with Gasteiger partial charge in [-0.25, -0.2) is 0 Å². The molecule has 1 aliphatic heterocycles. The first kappa shape index (κ1) is 13.3. The summed E-state index contributed by atoms with van der Waals surface area (Å²) in [7, 11) is 0. The van der Waals surface area contributed by atoms with Crippen molar-refractivity contribution < 1.29 is 14.3 Å². The molecule has 1 saturated heterocycles. The van der Waals surface area contributed by atoms with Crippen LogP contribution in [-0.4, -0.2) is 17.9 Å². The van der Waals surface area contributed by atoms with E-state index in [4.69, 9.17) is 4.74 Å². The zero-order chi connectivity index (χ0) is 13.3. The molecule has 2 rings (SSSR count). The van der Waals surface area contributed by atoms with Gasteiger partial charge >= 0.3 is 5.97 Å². The van der Waals surface area contributed by atoms with Crippen LogP contribution in [0.25, 0.3) is 0 Å². The lowest BCUT2D eigenvalue weighted by molar-refractivity contribution is -0.143. The molecule has 3 heteroatoms. The number of allylic oxidation sites excluding steroid dienone is 1. The number of ketones is 1. The topological polar surface area (TPSA) is 43.4 Å². The number of fused-ring (bicyclic) bond motifs is 1. The van der Waals surface area contributed by atoms with E-state index in [-0.39, 0.29) is 35.6 Å². The van der Waals surface area contributed by atoms with Gasteiger partial charge in [-0.2, -0.15) is 0 Å². The molecule has 0 N–H and O–H groups in total. The van der Waals surface area contributed by atoms with Crippen LogP contribution in [0.2, 0.25) is 0 Å². The smallest absolute Gasteiger partial charge is 0.309 e. The highest BCUT2D eigenvalue weighted by Gasteiger charge is 2.43. The van der Waals surface area contributed by atoms with Gasteiger partial charge in [0.1, 0.15) is 11.9 Å². The number of ether oxygens (including phenoxy) is 1. The van der Waals surface area contributed by atoms with Crippen LogP contribution in [0, 0.1) is 17.8 Å². The van der Waals surface area contributed by atoms with Gasteiger partial charge in [-0.15, -0.1) is 0 Å². The number of hydrogen-bond acceptors (Lipinski definition) is 3. The molecule has 4 unspecified atom stereocenters. The van der Waals surface area contributed by atoms with E-state index in [1.807, 2.05) is 13.8 Å². The van der Waals surface area contributed by atoms with Crippen LogP contribution in [0.3, 0.4) is 0 Å². The highest BCUT2D eigenvalue weighted by Crippen LogP contribution is 2.36. The fraction of sp³-hybridized carbons (Fsp3) is 0.733. The highest BCUT2D eigenvalue weighted by atomic mass is 16.6. The van der Waals surface area contributed by atoms with Crippen LogP contribution < -0.4 is 0 Å². The number of esters is 1. The number of hydrogen-bond donors (Lipinski definition) is 0. The Morgan fingerprint density at radius 2 is 1.94 bits per heavy atom. The molecule has 0 aromatic rings. The lowest BCUT2D eigenvalue weighted by Gasteiger charge is -2.22. The molecule has 4 atom stereocenters. The average molecular weight is 250 g/mol. The lowest BCUT2D eigenvalue weighted by Crippen LogP contribution is -2.26. The van der Waals surface area contributed by atoms with E-state index >= 15 is 0 Å². The molecule has 1 heterocycles. The molecule has 0 aromatic carbocycles. The van der Waals surface area contributed by atoms with Gasteiger partial charge in [-0.05, 0) is 19.8 Å². The number of carbonyl (C=O) groups excluding carboxylic acids is 2. The largest absolute Gasteiger partial charge is 0.461 e. The van der Waals surface area contributed by atoms with Gasteiger partial charge < -0.3 is 4.74 Å². The highest BCUT2D eigenvalue weighted by molar-refractivity contribution is 5.83. The molecule has 0 amide bonds. The Labute approximate surface area is 109 Å². The summed E-state index contributed by atoms with van der Waals surface area (Å²) in [5.41, 5.74) is 1.27. The van der Waals surface area contributed by atoms with Crippen molar-refractivity contribution in [2.24, 2.45) is 17.8 Å². The summed E-state index contributed by atoms with van der Waals surface area (Å²) in [6.07, 6.45) is 5.21. The van der Waals surface area contributed by atoms with Crippen LogP contribution in [-0.2, 0) is 14.3 Å². The molecule has 0 spiro atoms. The van der Waals surface area contributed by atoms with Crippen molar-refractivity contribution in [3.8, 4) is 0 Å². The van der Waals surface area contributed by atoms with Crippen LogP contribution in [0.5, 0.6) is 0 Å². The maximum atomic E-state index is 12.1. The van der Waals surface area contributed by atoms with Crippen LogP contribution in [0.4, 0.5) is 0 Å². The lowest BCUT2D eigenvalue weighted by atomic mass is 9.81. The summed E-state index contributed by atoms with van der Waals surface area (Å²) in [6.45, 7) is 5.96. The molecule has 0 aromatic heterocycles.